The van der Waals surface area contributed by atoms with E-state index in [1.165, 1.54) is 29.5 Å². The van der Waals surface area contributed by atoms with Crippen molar-refractivity contribution in [2.45, 2.75) is 52.0 Å². The number of rotatable bonds is 3. The van der Waals surface area contributed by atoms with Gasteiger partial charge < -0.3 is 5.32 Å². The van der Waals surface area contributed by atoms with Gasteiger partial charge in [0.15, 0.2) is 0 Å². The minimum Gasteiger partial charge on any atom is -0.308 e. The van der Waals surface area contributed by atoms with Crippen LogP contribution in [0.1, 0.15) is 50.3 Å². The summed E-state index contributed by atoms with van der Waals surface area (Å²) in [6, 6.07) is 7.05. The fourth-order valence-electron chi connectivity index (χ4n) is 2.78. The van der Waals surface area contributed by atoms with Crippen molar-refractivity contribution in [3.05, 3.63) is 34.9 Å². The Morgan fingerprint density at radius 1 is 1.19 bits per heavy atom. The fraction of sp³-hybridized carbons (Fsp3) is 0.600. The minimum absolute atomic E-state index is 0.218. The second-order valence-corrected chi connectivity index (χ2v) is 5.05. The molecule has 1 unspecified atom stereocenters. The molecule has 2 rings (SSSR count). The Morgan fingerprint density at radius 2 is 1.94 bits per heavy atom. The summed E-state index contributed by atoms with van der Waals surface area (Å²) < 4.78 is 0. The summed E-state index contributed by atoms with van der Waals surface area (Å²) in [4.78, 5) is 0. The largest absolute Gasteiger partial charge is 0.308 e. The van der Waals surface area contributed by atoms with E-state index in [4.69, 9.17) is 0 Å². The van der Waals surface area contributed by atoms with Gasteiger partial charge in [0.2, 0.25) is 0 Å². The van der Waals surface area contributed by atoms with Crippen LogP contribution >= 0.6 is 0 Å². The van der Waals surface area contributed by atoms with Crippen LogP contribution in [0.15, 0.2) is 18.2 Å². The van der Waals surface area contributed by atoms with Crippen molar-refractivity contribution in [2.24, 2.45) is 0 Å². The summed E-state index contributed by atoms with van der Waals surface area (Å²) in [6.45, 7) is 7.99. The lowest BCUT2D eigenvalue weighted by molar-refractivity contribution is 0.434. The molecule has 1 atom stereocenters. The first-order valence-corrected chi connectivity index (χ1v) is 6.57. The first kappa shape index (κ1) is 11.7. The SMILES string of the molecule is CCc1ccc(C2(C)CCCN2)cc1CC. The third-order valence-electron chi connectivity index (χ3n) is 3.97. The molecule has 0 spiro atoms. The van der Waals surface area contributed by atoms with Crippen LogP contribution in [-0.2, 0) is 18.4 Å². The standard InChI is InChI=1S/C15H23N/c1-4-12-7-8-14(11-13(12)5-2)15(3)9-6-10-16-15/h7-8,11,16H,4-6,9-10H2,1-3H3. The van der Waals surface area contributed by atoms with Gasteiger partial charge in [0.1, 0.15) is 0 Å². The molecule has 1 heteroatoms. The Bertz CT molecular complexity index is 362. The Labute approximate surface area is 99.3 Å². The van der Waals surface area contributed by atoms with Gasteiger partial charge in [-0.15, -0.1) is 0 Å². The van der Waals surface area contributed by atoms with Crippen LogP contribution in [0.4, 0.5) is 0 Å². The highest BCUT2D eigenvalue weighted by atomic mass is 15.0. The second kappa shape index (κ2) is 4.58. The van der Waals surface area contributed by atoms with Gasteiger partial charge in [-0.2, -0.15) is 0 Å². The van der Waals surface area contributed by atoms with Crippen LogP contribution in [0.5, 0.6) is 0 Å². The van der Waals surface area contributed by atoms with Crippen molar-refractivity contribution in [1.29, 1.82) is 0 Å². The van der Waals surface area contributed by atoms with Crippen LogP contribution in [0.25, 0.3) is 0 Å². The molecular formula is C15H23N. The highest BCUT2D eigenvalue weighted by Gasteiger charge is 2.29. The van der Waals surface area contributed by atoms with Crippen LogP contribution in [0, 0.1) is 0 Å². The topological polar surface area (TPSA) is 12.0 Å². The Morgan fingerprint density at radius 3 is 2.50 bits per heavy atom. The van der Waals surface area contributed by atoms with Crippen molar-refractivity contribution in [1.82, 2.24) is 5.32 Å². The summed E-state index contributed by atoms with van der Waals surface area (Å²) in [5.41, 5.74) is 4.72. The zero-order chi connectivity index (χ0) is 11.6. The molecule has 1 heterocycles. The normalized spacial score (nSPS) is 24.9. The summed E-state index contributed by atoms with van der Waals surface area (Å²) in [5, 5.41) is 3.64. The van der Waals surface area contributed by atoms with Crippen LogP contribution in [0.2, 0.25) is 0 Å². The molecule has 0 saturated carbocycles. The molecule has 0 aromatic heterocycles. The number of hydrogen-bond acceptors (Lipinski definition) is 1. The van der Waals surface area contributed by atoms with Gasteiger partial charge >= 0.3 is 0 Å². The van der Waals surface area contributed by atoms with E-state index in [-0.39, 0.29) is 5.54 Å². The van der Waals surface area contributed by atoms with Crippen LogP contribution < -0.4 is 5.32 Å². The van der Waals surface area contributed by atoms with E-state index >= 15 is 0 Å². The third-order valence-corrected chi connectivity index (χ3v) is 3.97. The van der Waals surface area contributed by atoms with E-state index in [1.54, 1.807) is 0 Å². The molecule has 1 aromatic carbocycles. The summed E-state index contributed by atoms with van der Waals surface area (Å²) in [7, 11) is 0. The molecule has 88 valence electrons. The van der Waals surface area contributed by atoms with Gasteiger partial charge in [-0.25, -0.2) is 0 Å². The molecular weight excluding hydrogens is 194 g/mol. The van der Waals surface area contributed by atoms with Crippen LogP contribution in [0.3, 0.4) is 0 Å². The number of aryl methyl sites for hydroxylation is 2. The monoisotopic (exact) mass is 217 g/mol. The summed E-state index contributed by atoms with van der Waals surface area (Å²) in [5.74, 6) is 0. The molecule has 0 bridgehead atoms. The maximum Gasteiger partial charge on any atom is 0.0406 e. The van der Waals surface area contributed by atoms with E-state index in [0.29, 0.717) is 0 Å². The lowest BCUT2D eigenvalue weighted by atomic mass is 9.87. The predicted octanol–water partition coefficient (Wildman–Crippen LogP) is 3.41. The van der Waals surface area contributed by atoms with E-state index in [1.807, 2.05) is 0 Å². The molecule has 16 heavy (non-hydrogen) atoms. The molecule has 1 aliphatic rings. The van der Waals surface area contributed by atoms with E-state index in [2.05, 4.69) is 44.3 Å². The van der Waals surface area contributed by atoms with Crippen LogP contribution in [-0.4, -0.2) is 6.54 Å². The van der Waals surface area contributed by atoms with Gasteiger partial charge in [-0.1, -0.05) is 32.0 Å². The molecule has 0 aliphatic carbocycles. The zero-order valence-electron chi connectivity index (χ0n) is 10.8. The maximum atomic E-state index is 3.64. The van der Waals surface area contributed by atoms with Gasteiger partial charge in [-0.05, 0) is 55.8 Å². The van der Waals surface area contributed by atoms with Crippen molar-refractivity contribution in [3.8, 4) is 0 Å². The molecule has 0 radical (unpaired) electrons. The molecule has 1 aromatic rings. The van der Waals surface area contributed by atoms with E-state index < -0.39 is 0 Å². The quantitative estimate of drug-likeness (QED) is 0.818. The molecule has 1 fully saturated rings. The van der Waals surface area contributed by atoms with Crippen molar-refractivity contribution in [3.63, 3.8) is 0 Å². The smallest absolute Gasteiger partial charge is 0.0406 e. The summed E-state index contributed by atoms with van der Waals surface area (Å²) in [6.07, 6.45) is 4.86. The number of nitrogens with one attached hydrogen (secondary N) is 1. The fourth-order valence-corrected chi connectivity index (χ4v) is 2.78. The number of benzene rings is 1. The first-order chi connectivity index (χ1) is 7.69. The van der Waals surface area contributed by atoms with Gasteiger partial charge in [0.25, 0.3) is 0 Å². The number of hydrogen-bond donors (Lipinski definition) is 1. The van der Waals surface area contributed by atoms with Gasteiger partial charge in [-0.3, -0.25) is 0 Å². The second-order valence-electron chi connectivity index (χ2n) is 5.05. The molecule has 1 saturated heterocycles. The summed E-state index contributed by atoms with van der Waals surface area (Å²) >= 11 is 0. The highest BCUT2D eigenvalue weighted by Crippen LogP contribution is 2.31. The minimum atomic E-state index is 0.218. The van der Waals surface area contributed by atoms with Gasteiger partial charge in [0, 0.05) is 5.54 Å². The van der Waals surface area contributed by atoms with Crippen molar-refractivity contribution < 1.29 is 0 Å². The average Bonchev–Trinajstić information content (AvgIpc) is 2.76. The Kier molecular flexibility index (Phi) is 3.34. The molecule has 1 N–H and O–H groups in total. The van der Waals surface area contributed by atoms with E-state index in [0.717, 1.165) is 19.4 Å². The highest BCUT2D eigenvalue weighted by molar-refractivity contribution is 5.36. The molecule has 1 nitrogen and oxygen atoms in total. The maximum absolute atomic E-state index is 3.64. The molecule has 1 aliphatic heterocycles. The average molecular weight is 217 g/mol. The van der Waals surface area contributed by atoms with Crippen molar-refractivity contribution >= 4 is 0 Å². The lowest BCUT2D eigenvalue weighted by Gasteiger charge is -2.26. The molecule has 0 amide bonds. The lowest BCUT2D eigenvalue weighted by Crippen LogP contribution is -2.33. The third kappa shape index (κ3) is 2.01. The van der Waals surface area contributed by atoms with Gasteiger partial charge in [0.05, 0.1) is 0 Å². The predicted molar refractivity (Wildman–Crippen MR) is 69.8 cm³/mol. The Hall–Kier alpha value is -0.820. The first-order valence-electron chi connectivity index (χ1n) is 6.57. The van der Waals surface area contributed by atoms with Crippen molar-refractivity contribution in [2.75, 3.05) is 6.54 Å². The zero-order valence-corrected chi connectivity index (χ0v) is 10.8. The van der Waals surface area contributed by atoms with E-state index in [9.17, 15) is 0 Å². The Balaban J connectivity index is 2.35.